The Morgan fingerprint density at radius 1 is 0.523 bits per heavy atom. The second-order valence-electron chi connectivity index (χ2n) is 16.8. The molecule has 0 aromatic carbocycles. The van der Waals surface area contributed by atoms with Crippen molar-refractivity contribution in [3.05, 3.63) is 48.6 Å². The van der Waals surface area contributed by atoms with Gasteiger partial charge in [0.05, 0.1) is 6.61 Å². The third-order valence-corrected chi connectivity index (χ3v) is 12.4. The minimum absolute atomic E-state index is 0.0449. The number of hydrogen-bond donors (Lipinski definition) is 5. The van der Waals surface area contributed by atoms with Gasteiger partial charge in [-0.2, -0.15) is 0 Å². The van der Waals surface area contributed by atoms with E-state index in [1.54, 1.807) is 0 Å². The molecule has 1 saturated carbocycles. The molecule has 1 aliphatic rings. The molecular formula is C47H82O16P2-2. The fraction of sp³-hybridized carbons (Fsp3) is 0.787. The molecule has 0 amide bonds. The number of unbranched alkanes of at least 4 members (excludes halogenated alkanes) is 18. The van der Waals surface area contributed by atoms with Gasteiger partial charge in [-0.1, -0.05) is 165 Å². The SMILES string of the molecule is CCCCCC=CCC=CCC=CCC=CCCCC(=O)O[C@H](COC(=O)CCCCCCCCCCCCCCCCC)COP(=O)([O-])OC1[C@H](O)[C@H](O)C(OP(=O)([O-])O)[C@H](O)[C@H]1O. The van der Waals surface area contributed by atoms with Crippen molar-refractivity contribution >= 4 is 27.6 Å². The van der Waals surface area contributed by atoms with Crippen molar-refractivity contribution in [2.24, 2.45) is 0 Å². The van der Waals surface area contributed by atoms with Gasteiger partial charge in [0.15, 0.2) is 6.10 Å². The number of hydrogen-bond acceptors (Lipinski definition) is 15. The molecule has 0 bridgehead atoms. The van der Waals surface area contributed by atoms with Gasteiger partial charge >= 0.3 is 11.9 Å². The van der Waals surface area contributed by atoms with Crippen LogP contribution < -0.4 is 9.79 Å². The van der Waals surface area contributed by atoms with Gasteiger partial charge in [-0.3, -0.25) is 18.7 Å². The number of aliphatic hydroxyl groups is 4. The predicted molar refractivity (Wildman–Crippen MR) is 246 cm³/mol. The first-order chi connectivity index (χ1) is 31.1. The molecule has 0 aromatic heterocycles. The maximum atomic E-state index is 12.8. The van der Waals surface area contributed by atoms with Crippen LogP contribution >= 0.6 is 15.6 Å². The molecule has 9 atom stereocenters. The second-order valence-corrected chi connectivity index (χ2v) is 19.3. The maximum absolute atomic E-state index is 12.8. The quantitative estimate of drug-likeness (QED) is 0.0168. The van der Waals surface area contributed by atoms with Crippen molar-refractivity contribution < 1.29 is 76.9 Å². The molecule has 16 nitrogen and oxygen atoms in total. The van der Waals surface area contributed by atoms with Crippen LogP contribution in [0.3, 0.4) is 0 Å². The predicted octanol–water partition coefficient (Wildman–Crippen LogP) is 8.02. The molecule has 4 unspecified atom stereocenters. The molecule has 65 heavy (non-hydrogen) atoms. The number of allylic oxidation sites excluding steroid dienone is 8. The summed E-state index contributed by atoms with van der Waals surface area (Å²) in [7, 11) is -11.1. The molecule has 0 heterocycles. The summed E-state index contributed by atoms with van der Waals surface area (Å²) in [5, 5.41) is 41.3. The molecule has 0 radical (unpaired) electrons. The summed E-state index contributed by atoms with van der Waals surface area (Å²) in [6.07, 6.45) is 27.2. The number of carbonyl (C=O) groups excluding carboxylic acids is 2. The largest absolute Gasteiger partial charge is 0.756 e. The van der Waals surface area contributed by atoms with Crippen molar-refractivity contribution in [1.29, 1.82) is 0 Å². The summed E-state index contributed by atoms with van der Waals surface area (Å²) in [6.45, 7) is 2.96. The smallest absolute Gasteiger partial charge is 0.306 e. The van der Waals surface area contributed by atoms with E-state index in [-0.39, 0.29) is 12.8 Å². The van der Waals surface area contributed by atoms with Gasteiger partial charge in [0.25, 0.3) is 15.6 Å². The van der Waals surface area contributed by atoms with Crippen molar-refractivity contribution in [2.75, 3.05) is 13.2 Å². The lowest BCUT2D eigenvalue weighted by Crippen LogP contribution is -2.64. The highest BCUT2D eigenvalue weighted by Crippen LogP contribution is 2.45. The number of phosphoric acid groups is 2. The van der Waals surface area contributed by atoms with Crippen LogP contribution in [0.2, 0.25) is 0 Å². The topological polar surface area (TPSA) is 262 Å². The van der Waals surface area contributed by atoms with E-state index in [1.165, 1.54) is 83.5 Å². The highest BCUT2D eigenvalue weighted by molar-refractivity contribution is 7.46. The van der Waals surface area contributed by atoms with E-state index in [1.807, 2.05) is 12.2 Å². The zero-order valence-electron chi connectivity index (χ0n) is 39.1. The standard InChI is InChI=1S/C47H84O16P2/c1-3-5-7-9-11-13-15-17-19-20-22-24-26-28-30-32-34-36-41(49)61-39(37-59-40(48)35-33-31-29-27-25-23-21-18-16-14-12-10-8-6-4-2)38-60-65(57,58)63-47-44(52)42(50)46(43(51)45(47)53)62-64(54,55)56/h11,13,17,19,22,24,28,30,39,42-47,50-53H,3-10,12,14-16,18,20-21,23,25-27,29,31-38H2,1-2H3,(H,57,58)(H2,54,55,56)/p-2/t39-,42-,43+,44-,45-,46?,47?/m1/s1. The van der Waals surface area contributed by atoms with Gasteiger partial charge in [0.1, 0.15) is 43.2 Å². The third-order valence-electron chi connectivity index (χ3n) is 10.9. The molecule has 0 spiro atoms. The zero-order valence-corrected chi connectivity index (χ0v) is 40.9. The first-order valence-corrected chi connectivity index (χ1v) is 27.1. The highest BCUT2D eigenvalue weighted by Gasteiger charge is 2.52. The number of aliphatic hydroxyl groups excluding tert-OH is 4. The lowest BCUT2D eigenvalue weighted by molar-refractivity contribution is -0.271. The molecule has 0 aliphatic heterocycles. The van der Waals surface area contributed by atoms with Crippen LogP contribution in [-0.2, 0) is 41.8 Å². The van der Waals surface area contributed by atoms with Gasteiger partial charge in [-0.25, -0.2) is 0 Å². The van der Waals surface area contributed by atoms with Crippen LogP contribution in [0.15, 0.2) is 48.6 Å². The number of esters is 2. The van der Waals surface area contributed by atoms with Crippen molar-refractivity contribution in [2.45, 2.75) is 224 Å². The van der Waals surface area contributed by atoms with Crippen molar-refractivity contribution in [1.82, 2.24) is 0 Å². The molecule has 378 valence electrons. The van der Waals surface area contributed by atoms with Gasteiger partial charge in [-0.05, 0) is 51.4 Å². The summed E-state index contributed by atoms with van der Waals surface area (Å²) >= 11 is 0. The highest BCUT2D eigenvalue weighted by atomic mass is 31.2. The summed E-state index contributed by atoms with van der Waals surface area (Å²) < 4.78 is 48.4. The van der Waals surface area contributed by atoms with Crippen LogP contribution in [-0.4, -0.2) is 93.2 Å². The van der Waals surface area contributed by atoms with E-state index < -0.39 is 83.5 Å². The molecule has 5 N–H and O–H groups in total. The Morgan fingerprint density at radius 2 is 0.908 bits per heavy atom. The summed E-state index contributed by atoms with van der Waals surface area (Å²) in [5.41, 5.74) is 0. The number of ether oxygens (including phenoxy) is 2. The van der Waals surface area contributed by atoms with Crippen LogP contribution in [0.5, 0.6) is 0 Å². The lowest BCUT2D eigenvalue weighted by atomic mass is 9.85. The van der Waals surface area contributed by atoms with Gasteiger partial charge in [0, 0.05) is 12.8 Å². The number of rotatable bonds is 40. The molecule has 18 heteroatoms. The average Bonchev–Trinajstić information content (AvgIpc) is 3.26. The lowest BCUT2D eigenvalue weighted by Gasteiger charge is -2.45. The van der Waals surface area contributed by atoms with E-state index in [2.05, 4.69) is 54.8 Å². The van der Waals surface area contributed by atoms with Crippen molar-refractivity contribution in [3.8, 4) is 0 Å². The van der Waals surface area contributed by atoms with Crippen LogP contribution in [0.1, 0.15) is 181 Å². The van der Waals surface area contributed by atoms with Crippen LogP contribution in [0, 0.1) is 0 Å². The first kappa shape index (κ1) is 61.0. The minimum atomic E-state index is -5.58. The molecule has 1 aliphatic carbocycles. The fourth-order valence-electron chi connectivity index (χ4n) is 7.12. The minimum Gasteiger partial charge on any atom is -0.756 e. The second kappa shape index (κ2) is 37.9. The zero-order chi connectivity index (χ0) is 48.2. The number of phosphoric ester groups is 2. The fourth-order valence-corrected chi connectivity index (χ4v) is 8.64. The molecule has 0 aromatic rings. The van der Waals surface area contributed by atoms with E-state index in [0.717, 1.165) is 51.4 Å². The number of carbonyl (C=O) groups is 2. The monoisotopic (exact) mass is 965 g/mol. The van der Waals surface area contributed by atoms with Crippen molar-refractivity contribution in [3.63, 3.8) is 0 Å². The Hall–Kier alpha value is -2.04. The first-order valence-electron chi connectivity index (χ1n) is 24.1. The Labute approximate surface area is 388 Å². The van der Waals surface area contributed by atoms with Crippen LogP contribution in [0.25, 0.3) is 0 Å². The molecule has 1 fully saturated rings. The Bertz CT molecular complexity index is 1430. The van der Waals surface area contributed by atoms with Gasteiger partial charge in [-0.15, -0.1) is 0 Å². The molecule has 0 saturated heterocycles. The Balaban J connectivity index is 2.61. The average molecular weight is 965 g/mol. The summed E-state index contributed by atoms with van der Waals surface area (Å²) in [5.74, 6) is -1.30. The maximum Gasteiger partial charge on any atom is 0.306 e. The Morgan fingerprint density at radius 3 is 1.37 bits per heavy atom. The normalized spacial score (nSPS) is 22.8. The Kier molecular flexibility index (Phi) is 35.5. The van der Waals surface area contributed by atoms with Gasteiger partial charge < -0.3 is 58.2 Å². The molecule has 1 rings (SSSR count). The van der Waals surface area contributed by atoms with E-state index in [4.69, 9.17) is 23.4 Å². The summed E-state index contributed by atoms with van der Waals surface area (Å²) in [6, 6.07) is 0. The van der Waals surface area contributed by atoms with Gasteiger partial charge in [0.2, 0.25) is 0 Å². The van der Waals surface area contributed by atoms with E-state index in [0.29, 0.717) is 19.3 Å². The molecular weight excluding hydrogens is 882 g/mol. The third kappa shape index (κ3) is 32.4. The van der Waals surface area contributed by atoms with E-state index in [9.17, 15) is 48.9 Å². The summed E-state index contributed by atoms with van der Waals surface area (Å²) in [4.78, 5) is 58.3. The van der Waals surface area contributed by atoms with E-state index >= 15 is 0 Å². The van der Waals surface area contributed by atoms with Crippen LogP contribution in [0.4, 0.5) is 0 Å².